The molecule has 0 atom stereocenters. The Kier molecular flexibility index (Phi) is 3.07. The largest absolute Gasteiger partial charge is 0.451 e. The molecule has 0 bridgehead atoms. The van der Waals surface area contributed by atoms with E-state index in [-0.39, 0.29) is 4.73 Å². The number of hydrogen-bond donors (Lipinski definition) is 0. The summed E-state index contributed by atoms with van der Waals surface area (Å²) in [5, 5.41) is 0. The summed E-state index contributed by atoms with van der Waals surface area (Å²) in [6.07, 6.45) is 0. The van der Waals surface area contributed by atoms with Gasteiger partial charge in [-0.3, -0.25) is 4.84 Å². The molecule has 0 aliphatic carbocycles. The van der Waals surface area contributed by atoms with E-state index in [0.29, 0.717) is 0 Å². The first kappa shape index (κ1) is 12.7. The Labute approximate surface area is 88.2 Å². The number of pyridine rings is 1. The van der Waals surface area contributed by atoms with Crippen LogP contribution in [0, 0.1) is 29.3 Å². The molecule has 0 unspecified atom stereocenters. The lowest BCUT2D eigenvalue weighted by Crippen LogP contribution is -2.57. The lowest BCUT2D eigenvalue weighted by atomic mass is 10.2. The number of nitrogens with zero attached hydrogens (tertiary/aromatic N) is 1. The average Bonchev–Trinajstić information content (AvgIpc) is 2.17. The van der Waals surface area contributed by atoms with Crippen molar-refractivity contribution < 1.29 is 31.5 Å². The number of aromatic nitrogens is 1. The molecular formula is C9H9F5NO+. The van der Waals surface area contributed by atoms with Crippen LogP contribution < -0.4 is 9.57 Å². The molecule has 0 N–H and O–H groups in total. The summed E-state index contributed by atoms with van der Waals surface area (Å²) >= 11 is 0. The summed E-state index contributed by atoms with van der Waals surface area (Å²) in [6, 6.07) is 0. The number of hydrogen-bond acceptors (Lipinski definition) is 1. The molecule has 1 rings (SSSR count). The molecule has 90 valence electrons. The number of halogens is 5. The lowest BCUT2D eigenvalue weighted by Gasteiger charge is -2.13. The van der Waals surface area contributed by atoms with Crippen LogP contribution in [0.3, 0.4) is 0 Å². The predicted molar refractivity (Wildman–Crippen MR) is 42.8 cm³/mol. The van der Waals surface area contributed by atoms with Crippen molar-refractivity contribution in [3.8, 4) is 0 Å². The molecule has 2 nitrogen and oxygen atoms in total. The van der Waals surface area contributed by atoms with Gasteiger partial charge in [0.15, 0.2) is 5.60 Å². The molecule has 0 spiro atoms. The molecule has 0 fully saturated rings. The van der Waals surface area contributed by atoms with Crippen molar-refractivity contribution in [3.05, 3.63) is 29.3 Å². The van der Waals surface area contributed by atoms with Crippen LogP contribution in [0.15, 0.2) is 0 Å². The summed E-state index contributed by atoms with van der Waals surface area (Å²) in [6.45, 7) is 4.20. The molecule has 0 amide bonds. The summed E-state index contributed by atoms with van der Waals surface area (Å²) in [5.74, 6) is -10.4. The van der Waals surface area contributed by atoms with E-state index in [1.807, 2.05) is 0 Å². The van der Waals surface area contributed by atoms with E-state index < -0.39 is 34.9 Å². The van der Waals surface area contributed by atoms with Crippen molar-refractivity contribution in [1.29, 1.82) is 0 Å². The normalized spacial score (nSPS) is 11.8. The molecule has 0 saturated carbocycles. The van der Waals surface area contributed by atoms with Crippen LogP contribution >= 0.6 is 0 Å². The average molecular weight is 242 g/mol. The van der Waals surface area contributed by atoms with Gasteiger partial charge in [-0.05, 0) is 20.8 Å². The maximum Gasteiger partial charge on any atom is 0.451 e. The van der Waals surface area contributed by atoms with Gasteiger partial charge in [-0.2, -0.15) is 13.2 Å². The van der Waals surface area contributed by atoms with E-state index in [9.17, 15) is 22.0 Å². The summed E-state index contributed by atoms with van der Waals surface area (Å²) in [4.78, 5) is 4.60. The first-order chi connectivity index (χ1) is 7.15. The molecule has 1 aromatic rings. The standard InChI is InChI=1S/C9H9F5NO/c1-9(2,3)16-15-7(13)5(11)4(10)6(12)8(15)14/h1-3H3/q+1. The molecule has 0 saturated heterocycles. The highest BCUT2D eigenvalue weighted by atomic mass is 19.2. The Balaban J connectivity index is 3.40. The Morgan fingerprint density at radius 2 is 1.19 bits per heavy atom. The molecule has 0 aliphatic heterocycles. The second kappa shape index (κ2) is 3.88. The lowest BCUT2D eigenvalue weighted by molar-refractivity contribution is -0.944. The van der Waals surface area contributed by atoms with Crippen LogP contribution in [0.4, 0.5) is 22.0 Å². The Morgan fingerprint density at radius 3 is 1.50 bits per heavy atom. The van der Waals surface area contributed by atoms with Crippen LogP contribution in [0.2, 0.25) is 0 Å². The molecular weight excluding hydrogens is 233 g/mol. The Morgan fingerprint density at radius 1 is 0.812 bits per heavy atom. The zero-order valence-corrected chi connectivity index (χ0v) is 8.75. The molecule has 7 heteroatoms. The third-order valence-electron chi connectivity index (χ3n) is 1.47. The summed E-state index contributed by atoms with van der Waals surface area (Å²) < 4.78 is 63.8. The van der Waals surface area contributed by atoms with Crippen molar-refractivity contribution in [2.75, 3.05) is 0 Å². The van der Waals surface area contributed by atoms with E-state index in [1.165, 1.54) is 20.8 Å². The third kappa shape index (κ3) is 2.23. The summed E-state index contributed by atoms with van der Waals surface area (Å²) in [7, 11) is 0. The van der Waals surface area contributed by atoms with Gasteiger partial charge in [-0.15, -0.1) is 8.78 Å². The highest BCUT2D eigenvalue weighted by Gasteiger charge is 2.38. The smallest absolute Gasteiger partial charge is 0.260 e. The second-order valence-electron chi connectivity index (χ2n) is 4.02. The summed E-state index contributed by atoms with van der Waals surface area (Å²) in [5.41, 5.74) is -1.11. The van der Waals surface area contributed by atoms with E-state index >= 15 is 0 Å². The highest BCUT2D eigenvalue weighted by Crippen LogP contribution is 2.13. The molecule has 1 heterocycles. The van der Waals surface area contributed by atoms with Crippen molar-refractivity contribution in [1.82, 2.24) is 0 Å². The number of rotatable bonds is 1. The van der Waals surface area contributed by atoms with Crippen LogP contribution in [0.5, 0.6) is 0 Å². The predicted octanol–water partition coefficient (Wildman–Crippen LogP) is 1.90. The fourth-order valence-electron chi connectivity index (χ4n) is 0.896. The van der Waals surface area contributed by atoms with Crippen molar-refractivity contribution in [2.24, 2.45) is 0 Å². The zero-order valence-electron chi connectivity index (χ0n) is 8.75. The molecule has 1 aromatic heterocycles. The zero-order chi connectivity index (χ0) is 12.7. The fourth-order valence-corrected chi connectivity index (χ4v) is 0.896. The van der Waals surface area contributed by atoms with Gasteiger partial charge in [0.25, 0.3) is 11.6 Å². The van der Waals surface area contributed by atoms with Crippen molar-refractivity contribution >= 4 is 0 Å². The fraction of sp³-hybridized carbons (Fsp3) is 0.444. The minimum absolute atomic E-state index is 0.353. The molecule has 0 aliphatic rings. The molecule has 0 radical (unpaired) electrons. The van der Waals surface area contributed by atoms with Crippen LogP contribution in [-0.4, -0.2) is 5.60 Å². The van der Waals surface area contributed by atoms with Gasteiger partial charge in [0.2, 0.25) is 5.82 Å². The van der Waals surface area contributed by atoms with Gasteiger partial charge in [-0.1, -0.05) is 0 Å². The SMILES string of the molecule is CC(C)(C)O[n+]1c(F)c(F)c(F)c(F)c1F. The van der Waals surface area contributed by atoms with Gasteiger partial charge < -0.3 is 0 Å². The first-order valence-corrected chi connectivity index (χ1v) is 4.28. The Bertz CT molecular complexity index is 398. The monoisotopic (exact) mass is 242 g/mol. The van der Waals surface area contributed by atoms with E-state index in [0.717, 1.165) is 0 Å². The van der Waals surface area contributed by atoms with Gasteiger partial charge in [0.1, 0.15) is 0 Å². The highest BCUT2D eigenvalue weighted by molar-refractivity contribution is 4.99. The van der Waals surface area contributed by atoms with Gasteiger partial charge in [0.05, 0.1) is 4.73 Å². The maximum atomic E-state index is 13.0. The third-order valence-corrected chi connectivity index (χ3v) is 1.47. The van der Waals surface area contributed by atoms with Crippen molar-refractivity contribution in [2.45, 2.75) is 26.4 Å². The van der Waals surface area contributed by atoms with Crippen LogP contribution in [0.25, 0.3) is 0 Å². The molecule has 0 aromatic carbocycles. The minimum atomic E-state index is -2.22. The van der Waals surface area contributed by atoms with Crippen LogP contribution in [0.1, 0.15) is 20.8 Å². The minimum Gasteiger partial charge on any atom is -0.260 e. The van der Waals surface area contributed by atoms with Crippen molar-refractivity contribution in [3.63, 3.8) is 0 Å². The van der Waals surface area contributed by atoms with E-state index in [1.54, 1.807) is 0 Å². The maximum absolute atomic E-state index is 13.0. The van der Waals surface area contributed by atoms with Gasteiger partial charge in [-0.25, -0.2) is 0 Å². The first-order valence-electron chi connectivity index (χ1n) is 4.28. The van der Waals surface area contributed by atoms with Gasteiger partial charge in [0, 0.05) is 0 Å². The van der Waals surface area contributed by atoms with E-state index in [4.69, 9.17) is 0 Å². The topological polar surface area (TPSA) is 13.1 Å². The van der Waals surface area contributed by atoms with E-state index in [2.05, 4.69) is 4.84 Å². The van der Waals surface area contributed by atoms with Gasteiger partial charge >= 0.3 is 11.9 Å². The second-order valence-corrected chi connectivity index (χ2v) is 4.02. The Hall–Kier alpha value is -1.40. The molecule has 16 heavy (non-hydrogen) atoms. The quantitative estimate of drug-likeness (QED) is 0.416. The van der Waals surface area contributed by atoms with Crippen LogP contribution in [-0.2, 0) is 0 Å².